The summed E-state index contributed by atoms with van der Waals surface area (Å²) in [7, 11) is 0. The topological polar surface area (TPSA) is 102 Å². The van der Waals surface area contributed by atoms with Crippen molar-refractivity contribution in [3.63, 3.8) is 0 Å². The van der Waals surface area contributed by atoms with Crippen LogP contribution in [0.15, 0.2) is 30.3 Å². The van der Waals surface area contributed by atoms with E-state index in [0.717, 1.165) is 29.9 Å². The number of piperidine rings is 1. The molecule has 0 bridgehead atoms. The monoisotopic (exact) mass is 444 g/mol. The lowest BCUT2D eigenvalue weighted by Crippen LogP contribution is -2.35. The number of aryl methyl sites for hydroxylation is 1. The number of hydrogen-bond acceptors (Lipinski definition) is 7. The average Bonchev–Trinajstić information content (AvgIpc) is 3.12. The maximum absolute atomic E-state index is 12.2. The fourth-order valence-electron chi connectivity index (χ4n) is 3.19. The Morgan fingerprint density at radius 1 is 1.10 bits per heavy atom. The second kappa shape index (κ2) is 10.2. The summed E-state index contributed by atoms with van der Waals surface area (Å²) in [6.45, 7) is 3.95. The number of benzene rings is 1. The van der Waals surface area contributed by atoms with Crippen molar-refractivity contribution >= 4 is 45.8 Å². The number of carbonyl (C=O) groups excluding carboxylic acids is 4. The van der Waals surface area contributed by atoms with Crippen molar-refractivity contribution in [3.05, 3.63) is 46.3 Å². The summed E-state index contributed by atoms with van der Waals surface area (Å²) in [5.41, 5.74) is 1.73. The number of nitrogens with zero attached hydrogens (tertiary/aromatic N) is 1. The standard InChI is InChI=1S/C22H24N2O6S/c1-3-29-22(28)20-14(2)12-18(31-20)23-17(25)13-30-21(27)15-7-9-16(10-8-15)24-11-5-4-6-19(24)26/h7-10,12H,3-6,11,13H2,1-2H3,(H,23,25). The van der Waals surface area contributed by atoms with Crippen LogP contribution in [0.3, 0.4) is 0 Å². The van der Waals surface area contributed by atoms with Gasteiger partial charge in [0.1, 0.15) is 4.88 Å². The normalized spacial score (nSPS) is 13.6. The third-order valence-electron chi connectivity index (χ3n) is 4.71. The second-order valence-electron chi connectivity index (χ2n) is 7.02. The third kappa shape index (κ3) is 5.69. The Morgan fingerprint density at radius 2 is 1.84 bits per heavy atom. The van der Waals surface area contributed by atoms with Crippen LogP contribution in [0.4, 0.5) is 10.7 Å². The maximum atomic E-state index is 12.2. The van der Waals surface area contributed by atoms with Crippen molar-refractivity contribution in [1.82, 2.24) is 0 Å². The molecule has 3 rings (SSSR count). The molecular weight excluding hydrogens is 420 g/mol. The summed E-state index contributed by atoms with van der Waals surface area (Å²) in [4.78, 5) is 50.3. The zero-order valence-electron chi connectivity index (χ0n) is 17.4. The second-order valence-corrected chi connectivity index (χ2v) is 8.07. The molecule has 2 heterocycles. The molecule has 9 heteroatoms. The zero-order valence-corrected chi connectivity index (χ0v) is 18.3. The van der Waals surface area contributed by atoms with Gasteiger partial charge < -0.3 is 19.7 Å². The molecule has 2 aromatic rings. The van der Waals surface area contributed by atoms with Gasteiger partial charge in [-0.2, -0.15) is 0 Å². The van der Waals surface area contributed by atoms with E-state index < -0.39 is 24.5 Å². The molecule has 1 N–H and O–H groups in total. The number of anilines is 2. The van der Waals surface area contributed by atoms with Crippen molar-refractivity contribution in [2.24, 2.45) is 0 Å². The van der Waals surface area contributed by atoms with E-state index >= 15 is 0 Å². The Bertz CT molecular complexity index is 982. The minimum Gasteiger partial charge on any atom is -0.462 e. The number of amides is 2. The first-order chi connectivity index (χ1) is 14.9. The molecule has 0 radical (unpaired) electrons. The Labute approximate surface area is 184 Å². The van der Waals surface area contributed by atoms with E-state index in [1.165, 1.54) is 0 Å². The van der Waals surface area contributed by atoms with Gasteiger partial charge in [0, 0.05) is 18.7 Å². The number of hydrogen-bond donors (Lipinski definition) is 1. The number of nitrogens with one attached hydrogen (secondary N) is 1. The predicted octanol–water partition coefficient (Wildman–Crippen LogP) is 3.55. The molecule has 0 aliphatic carbocycles. The minimum atomic E-state index is -0.638. The van der Waals surface area contributed by atoms with Gasteiger partial charge in [-0.15, -0.1) is 11.3 Å². The largest absolute Gasteiger partial charge is 0.462 e. The van der Waals surface area contributed by atoms with Crippen LogP contribution in [-0.4, -0.2) is 43.5 Å². The van der Waals surface area contributed by atoms with E-state index in [4.69, 9.17) is 9.47 Å². The molecule has 2 amide bonds. The van der Waals surface area contributed by atoms with E-state index in [9.17, 15) is 19.2 Å². The van der Waals surface area contributed by atoms with E-state index in [0.29, 0.717) is 28.4 Å². The van der Waals surface area contributed by atoms with E-state index in [2.05, 4.69) is 5.32 Å². The summed E-state index contributed by atoms with van der Waals surface area (Å²) >= 11 is 1.10. The van der Waals surface area contributed by atoms with Gasteiger partial charge in [-0.3, -0.25) is 9.59 Å². The predicted molar refractivity (Wildman–Crippen MR) is 117 cm³/mol. The number of rotatable bonds is 7. The number of carbonyl (C=O) groups is 4. The van der Waals surface area contributed by atoms with E-state index in [-0.39, 0.29) is 18.1 Å². The van der Waals surface area contributed by atoms with Gasteiger partial charge in [0.15, 0.2) is 6.61 Å². The van der Waals surface area contributed by atoms with Crippen LogP contribution in [-0.2, 0) is 19.1 Å². The van der Waals surface area contributed by atoms with Crippen LogP contribution in [0.2, 0.25) is 0 Å². The fraction of sp³-hybridized carbons (Fsp3) is 0.364. The summed E-state index contributed by atoms with van der Waals surface area (Å²) < 4.78 is 10.0. The highest BCUT2D eigenvalue weighted by Crippen LogP contribution is 2.27. The van der Waals surface area contributed by atoms with Crippen LogP contribution in [0.25, 0.3) is 0 Å². The van der Waals surface area contributed by atoms with Gasteiger partial charge in [-0.1, -0.05) is 0 Å². The van der Waals surface area contributed by atoms with Crippen molar-refractivity contribution < 1.29 is 28.7 Å². The van der Waals surface area contributed by atoms with Crippen LogP contribution in [0.5, 0.6) is 0 Å². The van der Waals surface area contributed by atoms with Crippen LogP contribution in [0, 0.1) is 6.92 Å². The average molecular weight is 445 g/mol. The van der Waals surface area contributed by atoms with Gasteiger partial charge in [-0.25, -0.2) is 9.59 Å². The first kappa shape index (κ1) is 22.5. The van der Waals surface area contributed by atoms with Crippen LogP contribution >= 0.6 is 11.3 Å². The quantitative estimate of drug-likeness (QED) is 0.656. The Kier molecular flexibility index (Phi) is 7.41. The number of thiophene rings is 1. The molecule has 1 aliphatic rings. The summed E-state index contributed by atoms with van der Waals surface area (Å²) in [5, 5.41) is 3.08. The van der Waals surface area contributed by atoms with Crippen LogP contribution < -0.4 is 10.2 Å². The van der Waals surface area contributed by atoms with Crippen LogP contribution in [0.1, 0.15) is 51.8 Å². The Hall–Kier alpha value is -3.20. The molecular formula is C22H24N2O6S. The van der Waals surface area contributed by atoms with Gasteiger partial charge in [0.2, 0.25) is 5.91 Å². The summed E-state index contributed by atoms with van der Waals surface area (Å²) in [6.07, 6.45) is 2.39. The lowest BCUT2D eigenvalue weighted by Gasteiger charge is -2.26. The lowest BCUT2D eigenvalue weighted by atomic mass is 10.1. The molecule has 164 valence electrons. The SMILES string of the molecule is CCOC(=O)c1sc(NC(=O)COC(=O)c2ccc(N3CCCCC3=O)cc2)cc1C. The van der Waals surface area contributed by atoms with Gasteiger partial charge in [0.25, 0.3) is 5.91 Å². The molecule has 1 aliphatic heterocycles. The molecule has 1 aromatic carbocycles. The van der Waals surface area contributed by atoms with E-state index in [1.54, 1.807) is 49.1 Å². The number of esters is 2. The molecule has 1 saturated heterocycles. The van der Waals surface area contributed by atoms with Gasteiger partial charge >= 0.3 is 11.9 Å². The molecule has 0 spiro atoms. The Morgan fingerprint density at radius 3 is 2.52 bits per heavy atom. The summed E-state index contributed by atoms with van der Waals surface area (Å²) in [5.74, 6) is -1.51. The zero-order chi connectivity index (χ0) is 22.4. The summed E-state index contributed by atoms with van der Waals surface area (Å²) in [6, 6.07) is 8.21. The van der Waals surface area contributed by atoms with Crippen molar-refractivity contribution in [3.8, 4) is 0 Å². The van der Waals surface area contributed by atoms with E-state index in [1.807, 2.05) is 0 Å². The maximum Gasteiger partial charge on any atom is 0.348 e. The highest BCUT2D eigenvalue weighted by atomic mass is 32.1. The molecule has 0 atom stereocenters. The first-order valence-corrected chi connectivity index (χ1v) is 10.9. The van der Waals surface area contributed by atoms with Crippen molar-refractivity contribution in [1.29, 1.82) is 0 Å². The minimum absolute atomic E-state index is 0.0770. The lowest BCUT2D eigenvalue weighted by molar-refractivity contribution is -0.120. The third-order valence-corrected chi connectivity index (χ3v) is 5.85. The van der Waals surface area contributed by atoms with Crippen molar-refractivity contribution in [2.75, 3.05) is 30.0 Å². The molecule has 1 fully saturated rings. The molecule has 1 aromatic heterocycles. The highest BCUT2D eigenvalue weighted by Gasteiger charge is 2.20. The highest BCUT2D eigenvalue weighted by molar-refractivity contribution is 7.18. The van der Waals surface area contributed by atoms with Gasteiger partial charge in [-0.05, 0) is 62.6 Å². The molecule has 31 heavy (non-hydrogen) atoms. The first-order valence-electron chi connectivity index (χ1n) is 10.0. The van der Waals surface area contributed by atoms with Gasteiger partial charge in [0.05, 0.1) is 17.2 Å². The molecule has 0 unspecified atom stereocenters. The molecule has 8 nitrogen and oxygen atoms in total. The molecule has 0 saturated carbocycles. The fourth-order valence-corrected chi connectivity index (χ4v) is 4.17. The smallest absolute Gasteiger partial charge is 0.348 e. The van der Waals surface area contributed by atoms with Crippen molar-refractivity contribution in [2.45, 2.75) is 33.1 Å². The number of ether oxygens (including phenoxy) is 2. The Balaban J connectivity index is 1.52.